The molecule has 2 rings (SSSR count). The van der Waals surface area contributed by atoms with Crippen LogP contribution in [0.4, 0.5) is 5.69 Å². The van der Waals surface area contributed by atoms with Gasteiger partial charge in [0.25, 0.3) is 5.91 Å². The molecule has 25 heavy (non-hydrogen) atoms. The Hall–Kier alpha value is -2.04. The fourth-order valence-corrected chi connectivity index (χ4v) is 2.57. The zero-order valence-corrected chi connectivity index (χ0v) is 15.7. The summed E-state index contributed by atoms with van der Waals surface area (Å²) >= 11 is 6.11. The van der Waals surface area contributed by atoms with Gasteiger partial charge in [0, 0.05) is 28.4 Å². The molecule has 0 fully saturated rings. The Kier molecular flexibility index (Phi) is 7.29. The van der Waals surface area contributed by atoms with E-state index in [-0.39, 0.29) is 5.91 Å². The molecule has 1 N–H and O–H groups in total. The van der Waals surface area contributed by atoms with Gasteiger partial charge in [-0.1, -0.05) is 31.0 Å². The highest BCUT2D eigenvalue weighted by atomic mass is 35.5. The number of nitrogens with one attached hydrogen (secondary N) is 1. The smallest absolute Gasteiger partial charge is 0.255 e. The Morgan fingerprint density at radius 2 is 2.04 bits per heavy atom. The molecule has 0 spiro atoms. The standard InChI is InChI=1S/C20H24ClNO3/c1-4-5-11-25-13-16-12-15(9-10-19(16)24-3)20(23)22-18-8-6-7-17(21)14(18)2/h6-10,12H,4-5,11,13H2,1-3H3,(H,22,23). The van der Waals surface area contributed by atoms with Crippen LogP contribution in [0.5, 0.6) is 5.75 Å². The highest BCUT2D eigenvalue weighted by Crippen LogP contribution is 2.25. The fourth-order valence-electron chi connectivity index (χ4n) is 2.40. The van der Waals surface area contributed by atoms with Gasteiger partial charge in [-0.15, -0.1) is 0 Å². The fraction of sp³-hybridized carbons (Fsp3) is 0.350. The number of halogens is 1. The van der Waals surface area contributed by atoms with Crippen LogP contribution in [-0.4, -0.2) is 19.6 Å². The molecule has 1 amide bonds. The van der Waals surface area contributed by atoms with Crippen LogP contribution in [0, 0.1) is 6.92 Å². The van der Waals surface area contributed by atoms with Gasteiger partial charge in [0.15, 0.2) is 0 Å². The second kappa shape index (κ2) is 9.44. The summed E-state index contributed by atoms with van der Waals surface area (Å²) in [6, 6.07) is 10.8. The first-order valence-corrected chi connectivity index (χ1v) is 8.75. The number of hydrogen-bond acceptors (Lipinski definition) is 3. The molecule has 0 radical (unpaired) electrons. The summed E-state index contributed by atoms with van der Waals surface area (Å²) in [6.45, 7) is 5.10. The second-order valence-electron chi connectivity index (χ2n) is 5.80. The van der Waals surface area contributed by atoms with Gasteiger partial charge >= 0.3 is 0 Å². The quantitative estimate of drug-likeness (QED) is 0.655. The van der Waals surface area contributed by atoms with E-state index in [0.29, 0.717) is 35.2 Å². The van der Waals surface area contributed by atoms with Crippen LogP contribution >= 0.6 is 11.6 Å². The van der Waals surface area contributed by atoms with E-state index < -0.39 is 0 Å². The number of unbranched alkanes of at least 4 members (excludes halogenated alkanes) is 1. The number of hydrogen-bond donors (Lipinski definition) is 1. The van der Waals surface area contributed by atoms with Crippen molar-refractivity contribution in [2.45, 2.75) is 33.3 Å². The van der Waals surface area contributed by atoms with E-state index in [2.05, 4.69) is 12.2 Å². The largest absolute Gasteiger partial charge is 0.496 e. The summed E-state index contributed by atoms with van der Waals surface area (Å²) in [6.07, 6.45) is 2.09. The molecule has 0 saturated heterocycles. The van der Waals surface area contributed by atoms with Crippen LogP contribution < -0.4 is 10.1 Å². The highest BCUT2D eigenvalue weighted by molar-refractivity contribution is 6.31. The van der Waals surface area contributed by atoms with E-state index in [4.69, 9.17) is 21.1 Å². The predicted octanol–water partition coefficient (Wildman–Crippen LogP) is 5.23. The molecule has 0 aliphatic carbocycles. The topological polar surface area (TPSA) is 47.6 Å². The lowest BCUT2D eigenvalue weighted by Crippen LogP contribution is -2.13. The van der Waals surface area contributed by atoms with Crippen LogP contribution in [0.2, 0.25) is 5.02 Å². The molecule has 5 heteroatoms. The monoisotopic (exact) mass is 361 g/mol. The third-order valence-corrected chi connectivity index (χ3v) is 4.37. The van der Waals surface area contributed by atoms with Crippen LogP contribution in [-0.2, 0) is 11.3 Å². The Morgan fingerprint density at radius 3 is 2.76 bits per heavy atom. The van der Waals surface area contributed by atoms with Gasteiger partial charge in [-0.25, -0.2) is 0 Å². The molecular formula is C20H24ClNO3. The summed E-state index contributed by atoms with van der Waals surface area (Å²) in [5, 5.41) is 3.53. The molecule has 0 aromatic heterocycles. The van der Waals surface area contributed by atoms with Crippen LogP contribution in [0.1, 0.15) is 41.3 Å². The number of methoxy groups -OCH3 is 1. The average Bonchev–Trinajstić information content (AvgIpc) is 2.62. The normalized spacial score (nSPS) is 10.6. The van der Waals surface area contributed by atoms with Crippen molar-refractivity contribution in [3.63, 3.8) is 0 Å². The summed E-state index contributed by atoms with van der Waals surface area (Å²) in [5.74, 6) is 0.523. The number of carbonyl (C=O) groups excluding carboxylic acids is 1. The third kappa shape index (κ3) is 5.21. The minimum Gasteiger partial charge on any atom is -0.496 e. The number of carbonyl (C=O) groups is 1. The van der Waals surface area contributed by atoms with E-state index in [1.165, 1.54) is 0 Å². The molecular weight excluding hydrogens is 338 g/mol. The van der Waals surface area contributed by atoms with Crippen LogP contribution in [0.15, 0.2) is 36.4 Å². The molecule has 4 nitrogen and oxygen atoms in total. The van der Waals surface area contributed by atoms with E-state index in [1.54, 1.807) is 31.4 Å². The minimum atomic E-state index is -0.192. The molecule has 0 aliphatic heterocycles. The Labute approximate surface area is 154 Å². The highest BCUT2D eigenvalue weighted by Gasteiger charge is 2.12. The van der Waals surface area contributed by atoms with Crippen molar-refractivity contribution >= 4 is 23.2 Å². The van der Waals surface area contributed by atoms with Crippen LogP contribution in [0.25, 0.3) is 0 Å². The van der Waals surface area contributed by atoms with Gasteiger partial charge in [-0.3, -0.25) is 4.79 Å². The van der Waals surface area contributed by atoms with E-state index in [1.807, 2.05) is 19.1 Å². The van der Waals surface area contributed by atoms with Gasteiger partial charge in [-0.05, 0) is 49.2 Å². The number of amides is 1. The van der Waals surface area contributed by atoms with E-state index in [9.17, 15) is 4.79 Å². The zero-order chi connectivity index (χ0) is 18.2. The minimum absolute atomic E-state index is 0.192. The third-order valence-electron chi connectivity index (χ3n) is 3.96. The number of ether oxygens (including phenoxy) is 2. The van der Waals surface area contributed by atoms with Gasteiger partial charge in [0.05, 0.1) is 13.7 Å². The lowest BCUT2D eigenvalue weighted by atomic mass is 10.1. The first-order chi connectivity index (χ1) is 12.1. The van der Waals surface area contributed by atoms with Crippen molar-refractivity contribution in [1.29, 1.82) is 0 Å². The van der Waals surface area contributed by atoms with Gasteiger partial charge in [0.1, 0.15) is 5.75 Å². The zero-order valence-electron chi connectivity index (χ0n) is 14.9. The number of anilines is 1. The summed E-state index contributed by atoms with van der Waals surface area (Å²) in [4.78, 5) is 12.6. The Morgan fingerprint density at radius 1 is 1.24 bits per heavy atom. The van der Waals surface area contributed by atoms with Crippen molar-refractivity contribution in [2.75, 3.05) is 19.0 Å². The summed E-state index contributed by atoms with van der Waals surface area (Å²) in [7, 11) is 1.61. The summed E-state index contributed by atoms with van der Waals surface area (Å²) in [5.41, 5.74) is 2.95. The lowest BCUT2D eigenvalue weighted by molar-refractivity contribution is 0.102. The van der Waals surface area contributed by atoms with Crippen molar-refractivity contribution in [2.24, 2.45) is 0 Å². The predicted molar refractivity (Wildman–Crippen MR) is 102 cm³/mol. The molecule has 0 saturated carbocycles. The maximum atomic E-state index is 12.6. The molecule has 2 aromatic rings. The second-order valence-corrected chi connectivity index (χ2v) is 6.21. The Bertz CT molecular complexity index is 731. The summed E-state index contributed by atoms with van der Waals surface area (Å²) < 4.78 is 11.0. The SMILES string of the molecule is CCCCOCc1cc(C(=O)Nc2cccc(Cl)c2C)ccc1OC. The number of rotatable bonds is 8. The molecule has 0 bridgehead atoms. The first kappa shape index (κ1) is 19.3. The van der Waals surface area contributed by atoms with E-state index in [0.717, 1.165) is 24.0 Å². The molecule has 0 heterocycles. The first-order valence-electron chi connectivity index (χ1n) is 8.38. The maximum absolute atomic E-state index is 12.6. The molecule has 0 atom stereocenters. The van der Waals surface area contributed by atoms with Crippen molar-refractivity contribution in [3.8, 4) is 5.75 Å². The number of benzene rings is 2. The maximum Gasteiger partial charge on any atom is 0.255 e. The average molecular weight is 362 g/mol. The van der Waals surface area contributed by atoms with Crippen molar-refractivity contribution < 1.29 is 14.3 Å². The lowest BCUT2D eigenvalue weighted by Gasteiger charge is -2.13. The molecule has 2 aromatic carbocycles. The Balaban J connectivity index is 2.14. The van der Waals surface area contributed by atoms with E-state index >= 15 is 0 Å². The van der Waals surface area contributed by atoms with Gasteiger partial charge < -0.3 is 14.8 Å². The van der Waals surface area contributed by atoms with Gasteiger partial charge in [0.2, 0.25) is 0 Å². The molecule has 0 aliphatic rings. The van der Waals surface area contributed by atoms with Crippen LogP contribution in [0.3, 0.4) is 0 Å². The van der Waals surface area contributed by atoms with Gasteiger partial charge in [-0.2, -0.15) is 0 Å². The van der Waals surface area contributed by atoms with Crippen molar-refractivity contribution in [3.05, 3.63) is 58.1 Å². The molecule has 134 valence electrons. The van der Waals surface area contributed by atoms with Crippen molar-refractivity contribution in [1.82, 2.24) is 0 Å². The molecule has 0 unspecified atom stereocenters.